The van der Waals surface area contributed by atoms with Crippen LogP contribution in [0.1, 0.15) is 26.2 Å². The number of aliphatic hydroxyl groups is 2. The zero-order chi connectivity index (χ0) is 9.56. The van der Waals surface area contributed by atoms with Gasteiger partial charge in [-0.1, -0.05) is 6.92 Å². The van der Waals surface area contributed by atoms with E-state index in [0.717, 1.165) is 0 Å². The summed E-state index contributed by atoms with van der Waals surface area (Å²) < 4.78 is 0. The number of carbonyl (C=O) groups is 1. The molecule has 12 heavy (non-hydrogen) atoms. The SMILES string of the molecule is C[C@@H](CO)[C@@H](O)CCCC(=O)O. The van der Waals surface area contributed by atoms with Gasteiger partial charge in [-0.3, -0.25) is 4.79 Å². The minimum atomic E-state index is -0.848. The Hall–Kier alpha value is -0.610. The van der Waals surface area contributed by atoms with Crippen molar-refractivity contribution in [3.63, 3.8) is 0 Å². The molecule has 0 aliphatic heterocycles. The number of hydrogen-bond acceptors (Lipinski definition) is 3. The highest BCUT2D eigenvalue weighted by Gasteiger charge is 2.12. The van der Waals surface area contributed by atoms with Gasteiger partial charge in [0.05, 0.1) is 6.10 Å². The van der Waals surface area contributed by atoms with Gasteiger partial charge in [0.2, 0.25) is 0 Å². The normalized spacial score (nSPS) is 15.6. The molecule has 0 rings (SSSR count). The van der Waals surface area contributed by atoms with Crippen molar-refractivity contribution in [2.75, 3.05) is 6.61 Å². The summed E-state index contributed by atoms with van der Waals surface area (Å²) >= 11 is 0. The molecule has 0 saturated carbocycles. The van der Waals surface area contributed by atoms with Crippen molar-refractivity contribution in [2.24, 2.45) is 5.92 Å². The predicted octanol–water partition coefficient (Wildman–Crippen LogP) is 0.231. The summed E-state index contributed by atoms with van der Waals surface area (Å²) in [5.74, 6) is -1.02. The van der Waals surface area contributed by atoms with Gasteiger partial charge in [-0.15, -0.1) is 0 Å². The maximum absolute atomic E-state index is 10.1. The molecule has 0 saturated heterocycles. The van der Waals surface area contributed by atoms with Gasteiger partial charge in [-0.2, -0.15) is 0 Å². The topological polar surface area (TPSA) is 77.8 Å². The standard InChI is InChI=1S/C8H16O4/c1-6(5-9)7(10)3-2-4-8(11)12/h6-7,9-10H,2-5H2,1H3,(H,11,12)/t6-,7-/m0/s1. The number of aliphatic carboxylic acids is 1. The van der Waals surface area contributed by atoms with E-state index in [1.54, 1.807) is 6.92 Å². The lowest BCUT2D eigenvalue weighted by molar-refractivity contribution is -0.137. The average Bonchev–Trinajstić information content (AvgIpc) is 2.02. The lowest BCUT2D eigenvalue weighted by Crippen LogP contribution is -2.20. The van der Waals surface area contributed by atoms with Gasteiger partial charge < -0.3 is 15.3 Å². The molecule has 0 fully saturated rings. The van der Waals surface area contributed by atoms with Crippen LogP contribution in [-0.4, -0.2) is 34.0 Å². The van der Waals surface area contributed by atoms with E-state index in [9.17, 15) is 9.90 Å². The van der Waals surface area contributed by atoms with E-state index < -0.39 is 12.1 Å². The van der Waals surface area contributed by atoms with Gasteiger partial charge in [-0.05, 0) is 12.8 Å². The summed E-state index contributed by atoms with van der Waals surface area (Å²) in [6, 6.07) is 0. The Morgan fingerprint density at radius 1 is 1.50 bits per heavy atom. The molecule has 0 aromatic rings. The maximum atomic E-state index is 10.1. The highest BCUT2D eigenvalue weighted by molar-refractivity contribution is 5.66. The molecule has 0 aromatic heterocycles. The van der Waals surface area contributed by atoms with E-state index in [0.29, 0.717) is 12.8 Å². The summed E-state index contributed by atoms with van der Waals surface area (Å²) in [5, 5.41) is 26.2. The molecule has 4 heteroatoms. The second-order valence-electron chi connectivity index (χ2n) is 3.01. The van der Waals surface area contributed by atoms with Crippen LogP contribution in [-0.2, 0) is 4.79 Å². The van der Waals surface area contributed by atoms with Crippen molar-refractivity contribution < 1.29 is 20.1 Å². The first kappa shape index (κ1) is 11.4. The molecular weight excluding hydrogens is 160 g/mol. The van der Waals surface area contributed by atoms with Crippen molar-refractivity contribution in [2.45, 2.75) is 32.3 Å². The molecule has 0 unspecified atom stereocenters. The van der Waals surface area contributed by atoms with E-state index in [1.165, 1.54) is 0 Å². The fourth-order valence-corrected chi connectivity index (χ4v) is 0.869. The lowest BCUT2D eigenvalue weighted by Gasteiger charge is -2.15. The maximum Gasteiger partial charge on any atom is 0.303 e. The summed E-state index contributed by atoms with van der Waals surface area (Å²) in [4.78, 5) is 10.1. The molecule has 4 nitrogen and oxygen atoms in total. The largest absolute Gasteiger partial charge is 0.481 e. The second-order valence-corrected chi connectivity index (χ2v) is 3.01. The fourth-order valence-electron chi connectivity index (χ4n) is 0.869. The third kappa shape index (κ3) is 5.09. The number of carboxylic acid groups (broad SMARTS) is 1. The van der Waals surface area contributed by atoms with E-state index in [1.807, 2.05) is 0 Å². The molecule has 2 atom stereocenters. The molecule has 0 spiro atoms. The third-order valence-electron chi connectivity index (χ3n) is 1.84. The Kier molecular flexibility index (Phi) is 5.66. The zero-order valence-electron chi connectivity index (χ0n) is 7.23. The summed E-state index contributed by atoms with van der Waals surface area (Å²) in [5.41, 5.74) is 0. The Morgan fingerprint density at radius 2 is 2.08 bits per heavy atom. The fraction of sp³-hybridized carbons (Fsp3) is 0.875. The number of carboxylic acids is 1. The first-order valence-corrected chi connectivity index (χ1v) is 4.08. The molecule has 0 aliphatic carbocycles. The van der Waals surface area contributed by atoms with Gasteiger partial charge in [0.15, 0.2) is 0 Å². The smallest absolute Gasteiger partial charge is 0.303 e. The van der Waals surface area contributed by atoms with E-state index >= 15 is 0 Å². The van der Waals surface area contributed by atoms with Gasteiger partial charge in [0.25, 0.3) is 0 Å². The van der Waals surface area contributed by atoms with Gasteiger partial charge in [0, 0.05) is 18.9 Å². The van der Waals surface area contributed by atoms with Crippen LogP contribution in [0.2, 0.25) is 0 Å². The van der Waals surface area contributed by atoms with E-state index in [2.05, 4.69) is 0 Å². The Bertz CT molecular complexity index is 135. The number of hydrogen-bond donors (Lipinski definition) is 3. The van der Waals surface area contributed by atoms with Crippen LogP contribution in [0.3, 0.4) is 0 Å². The Labute approximate surface area is 71.8 Å². The van der Waals surface area contributed by atoms with Gasteiger partial charge in [0.1, 0.15) is 0 Å². The molecule has 0 amide bonds. The van der Waals surface area contributed by atoms with Crippen molar-refractivity contribution in [3.05, 3.63) is 0 Å². The summed E-state index contributed by atoms with van der Waals surface area (Å²) in [6.07, 6.45) is 0.388. The first-order valence-electron chi connectivity index (χ1n) is 4.08. The average molecular weight is 176 g/mol. The van der Waals surface area contributed by atoms with Crippen LogP contribution >= 0.6 is 0 Å². The van der Waals surface area contributed by atoms with Crippen molar-refractivity contribution >= 4 is 5.97 Å². The summed E-state index contributed by atoms with van der Waals surface area (Å²) in [6.45, 7) is 1.67. The Balaban J connectivity index is 3.43. The van der Waals surface area contributed by atoms with Crippen LogP contribution in [0, 0.1) is 5.92 Å². The minimum Gasteiger partial charge on any atom is -0.481 e. The highest BCUT2D eigenvalue weighted by Crippen LogP contribution is 2.09. The lowest BCUT2D eigenvalue weighted by atomic mass is 10.0. The third-order valence-corrected chi connectivity index (χ3v) is 1.84. The second kappa shape index (κ2) is 5.97. The molecule has 72 valence electrons. The predicted molar refractivity (Wildman–Crippen MR) is 43.7 cm³/mol. The molecular formula is C8H16O4. The van der Waals surface area contributed by atoms with Crippen LogP contribution in [0.4, 0.5) is 0 Å². The molecule has 0 aliphatic rings. The molecule has 0 aromatic carbocycles. The molecule has 0 radical (unpaired) electrons. The molecule has 0 heterocycles. The van der Waals surface area contributed by atoms with Gasteiger partial charge in [-0.25, -0.2) is 0 Å². The first-order chi connectivity index (χ1) is 5.57. The monoisotopic (exact) mass is 176 g/mol. The Morgan fingerprint density at radius 3 is 2.50 bits per heavy atom. The van der Waals surface area contributed by atoms with Crippen molar-refractivity contribution in [3.8, 4) is 0 Å². The highest BCUT2D eigenvalue weighted by atomic mass is 16.4. The van der Waals surface area contributed by atoms with Crippen LogP contribution in [0.15, 0.2) is 0 Å². The van der Waals surface area contributed by atoms with E-state index in [-0.39, 0.29) is 18.9 Å². The number of rotatable bonds is 6. The quantitative estimate of drug-likeness (QED) is 0.541. The van der Waals surface area contributed by atoms with E-state index in [4.69, 9.17) is 10.2 Å². The zero-order valence-corrected chi connectivity index (χ0v) is 7.23. The number of aliphatic hydroxyl groups excluding tert-OH is 2. The minimum absolute atomic E-state index is 0.0613. The van der Waals surface area contributed by atoms with Crippen LogP contribution < -0.4 is 0 Å². The van der Waals surface area contributed by atoms with Crippen molar-refractivity contribution in [1.29, 1.82) is 0 Å². The molecule has 3 N–H and O–H groups in total. The molecule has 0 bridgehead atoms. The summed E-state index contributed by atoms with van der Waals surface area (Å²) in [7, 11) is 0. The van der Waals surface area contributed by atoms with Crippen molar-refractivity contribution in [1.82, 2.24) is 0 Å². The van der Waals surface area contributed by atoms with Gasteiger partial charge >= 0.3 is 5.97 Å². The van der Waals surface area contributed by atoms with Crippen LogP contribution in [0.5, 0.6) is 0 Å². The van der Waals surface area contributed by atoms with Crippen LogP contribution in [0.25, 0.3) is 0 Å².